The van der Waals surface area contributed by atoms with Crippen LogP contribution in [-0.2, 0) is 11.1 Å². The van der Waals surface area contributed by atoms with Crippen LogP contribution >= 0.6 is 0 Å². The van der Waals surface area contributed by atoms with E-state index in [1.54, 1.807) is 6.07 Å². The minimum atomic E-state index is -2.15. The Morgan fingerprint density at radius 3 is 2.43 bits per heavy atom. The summed E-state index contributed by atoms with van der Waals surface area (Å²) in [6.07, 6.45) is 0. The molecule has 5 nitrogen and oxygen atoms in total. The quantitative estimate of drug-likeness (QED) is 0.580. The van der Waals surface area contributed by atoms with Crippen LogP contribution in [-0.4, -0.2) is 23.0 Å². The van der Waals surface area contributed by atoms with Gasteiger partial charge in [-0.25, -0.2) is 4.21 Å². The first-order valence-electron chi connectivity index (χ1n) is 3.72. The SMILES string of the molecule is COc1cc(OC)c(N)c(S(=O)O)c1. The third-order valence-corrected chi connectivity index (χ3v) is 2.44. The topological polar surface area (TPSA) is 81.8 Å². The van der Waals surface area contributed by atoms with Gasteiger partial charge in [-0.15, -0.1) is 0 Å². The van der Waals surface area contributed by atoms with Gasteiger partial charge < -0.3 is 19.8 Å². The molecule has 0 spiro atoms. The van der Waals surface area contributed by atoms with Crippen molar-refractivity contribution in [3.8, 4) is 11.5 Å². The molecule has 3 N–H and O–H groups in total. The molecule has 0 saturated carbocycles. The fraction of sp³-hybridized carbons (Fsp3) is 0.250. The minimum Gasteiger partial charge on any atom is -0.497 e. The van der Waals surface area contributed by atoms with Crippen LogP contribution in [0.15, 0.2) is 17.0 Å². The molecule has 0 radical (unpaired) electrons. The van der Waals surface area contributed by atoms with Gasteiger partial charge in [0, 0.05) is 12.1 Å². The maximum atomic E-state index is 10.9. The summed E-state index contributed by atoms with van der Waals surface area (Å²) in [5.41, 5.74) is 5.73. The fourth-order valence-corrected chi connectivity index (χ4v) is 1.51. The van der Waals surface area contributed by atoms with Crippen LogP contribution in [0, 0.1) is 0 Å². The molecule has 0 heterocycles. The number of benzene rings is 1. The van der Waals surface area contributed by atoms with Gasteiger partial charge in [0.25, 0.3) is 0 Å². The van der Waals surface area contributed by atoms with Crippen LogP contribution < -0.4 is 15.2 Å². The van der Waals surface area contributed by atoms with Crippen LogP contribution in [0.1, 0.15) is 0 Å². The summed E-state index contributed by atoms with van der Waals surface area (Å²) in [7, 11) is 2.88. The fourth-order valence-electron chi connectivity index (χ4n) is 1.01. The molecule has 78 valence electrons. The zero-order chi connectivity index (χ0) is 10.7. The van der Waals surface area contributed by atoms with Gasteiger partial charge in [0.15, 0.2) is 11.1 Å². The zero-order valence-corrected chi connectivity index (χ0v) is 8.63. The largest absolute Gasteiger partial charge is 0.497 e. The Morgan fingerprint density at radius 2 is 2.00 bits per heavy atom. The Kier molecular flexibility index (Phi) is 3.32. The second-order valence-electron chi connectivity index (χ2n) is 2.49. The zero-order valence-electron chi connectivity index (χ0n) is 7.81. The molecule has 14 heavy (non-hydrogen) atoms. The maximum Gasteiger partial charge on any atom is 0.188 e. The van der Waals surface area contributed by atoms with E-state index in [1.165, 1.54) is 20.3 Å². The molecule has 1 unspecified atom stereocenters. The minimum absolute atomic E-state index is 0.0844. The summed E-state index contributed by atoms with van der Waals surface area (Å²) < 4.78 is 29.7. The smallest absolute Gasteiger partial charge is 0.188 e. The van der Waals surface area contributed by atoms with Crippen molar-refractivity contribution in [1.82, 2.24) is 0 Å². The second kappa shape index (κ2) is 4.30. The van der Waals surface area contributed by atoms with Crippen LogP contribution in [0.5, 0.6) is 11.5 Å². The predicted octanol–water partition coefficient (Wildman–Crippen LogP) is 0.867. The Labute approximate surface area is 84.1 Å². The van der Waals surface area contributed by atoms with Gasteiger partial charge in [-0.3, -0.25) is 0 Å². The van der Waals surface area contributed by atoms with Crippen LogP contribution in [0.4, 0.5) is 5.69 Å². The van der Waals surface area contributed by atoms with Gasteiger partial charge in [-0.1, -0.05) is 0 Å². The van der Waals surface area contributed by atoms with Crippen LogP contribution in [0.2, 0.25) is 0 Å². The number of anilines is 1. The average molecular weight is 217 g/mol. The monoisotopic (exact) mass is 217 g/mol. The van der Waals surface area contributed by atoms with E-state index in [9.17, 15) is 4.21 Å². The number of nitrogen functional groups attached to an aromatic ring is 1. The number of methoxy groups -OCH3 is 2. The Bertz CT molecular complexity index is 367. The van der Waals surface area contributed by atoms with Crippen molar-refractivity contribution in [3.63, 3.8) is 0 Å². The highest BCUT2D eigenvalue weighted by molar-refractivity contribution is 7.79. The first kappa shape index (κ1) is 10.8. The first-order chi connectivity index (χ1) is 6.60. The van der Waals surface area contributed by atoms with Crippen molar-refractivity contribution in [3.05, 3.63) is 12.1 Å². The summed E-state index contributed by atoms with van der Waals surface area (Å²) in [6.45, 7) is 0. The normalized spacial score (nSPS) is 12.2. The highest BCUT2D eigenvalue weighted by atomic mass is 32.2. The lowest BCUT2D eigenvalue weighted by Crippen LogP contribution is -2.01. The number of ether oxygens (including phenoxy) is 2. The van der Waals surface area contributed by atoms with Gasteiger partial charge >= 0.3 is 0 Å². The maximum absolute atomic E-state index is 10.9. The van der Waals surface area contributed by atoms with Gasteiger partial charge in [-0.2, -0.15) is 0 Å². The lowest BCUT2D eigenvalue weighted by atomic mass is 10.3. The molecule has 1 rings (SSSR count). The van der Waals surface area contributed by atoms with E-state index in [1.807, 2.05) is 0 Å². The van der Waals surface area contributed by atoms with Gasteiger partial charge in [0.05, 0.1) is 24.8 Å². The summed E-state index contributed by atoms with van der Waals surface area (Å²) in [5.74, 6) is 0.746. The number of rotatable bonds is 3. The van der Waals surface area contributed by atoms with Crippen molar-refractivity contribution in [2.24, 2.45) is 0 Å². The van der Waals surface area contributed by atoms with Crippen molar-refractivity contribution in [1.29, 1.82) is 0 Å². The van der Waals surface area contributed by atoms with Gasteiger partial charge in [0.1, 0.15) is 11.5 Å². The molecule has 0 amide bonds. The molecule has 0 fully saturated rings. The van der Waals surface area contributed by atoms with E-state index in [4.69, 9.17) is 19.8 Å². The van der Waals surface area contributed by atoms with Crippen molar-refractivity contribution in [2.75, 3.05) is 20.0 Å². The van der Waals surface area contributed by atoms with Crippen molar-refractivity contribution < 1.29 is 18.2 Å². The third kappa shape index (κ3) is 1.97. The van der Waals surface area contributed by atoms with Gasteiger partial charge in [-0.05, 0) is 0 Å². The van der Waals surface area contributed by atoms with E-state index >= 15 is 0 Å². The van der Waals surface area contributed by atoms with Crippen LogP contribution in [0.25, 0.3) is 0 Å². The predicted molar refractivity (Wildman–Crippen MR) is 53.0 cm³/mol. The summed E-state index contributed by atoms with van der Waals surface area (Å²) in [4.78, 5) is 0.0844. The molecule has 0 aliphatic heterocycles. The number of hydrogen-bond donors (Lipinski definition) is 2. The summed E-state index contributed by atoms with van der Waals surface area (Å²) in [6, 6.07) is 2.94. The molecule has 6 heteroatoms. The molecule has 0 bridgehead atoms. The molecule has 1 atom stereocenters. The molecule has 0 aliphatic rings. The molecule has 1 aromatic carbocycles. The molecule has 0 saturated heterocycles. The average Bonchev–Trinajstić information content (AvgIpc) is 2.17. The molecular formula is C8H11NO4S. The van der Waals surface area contributed by atoms with Crippen molar-refractivity contribution in [2.45, 2.75) is 4.90 Å². The Hall–Kier alpha value is -1.27. The highest BCUT2D eigenvalue weighted by Crippen LogP contribution is 2.32. The van der Waals surface area contributed by atoms with E-state index < -0.39 is 11.1 Å². The van der Waals surface area contributed by atoms with Crippen molar-refractivity contribution >= 4 is 16.8 Å². The lowest BCUT2D eigenvalue weighted by molar-refractivity contribution is 0.393. The van der Waals surface area contributed by atoms with E-state index in [2.05, 4.69) is 0 Å². The lowest BCUT2D eigenvalue weighted by Gasteiger charge is -2.09. The number of hydrogen-bond acceptors (Lipinski definition) is 4. The van der Waals surface area contributed by atoms with E-state index in [0.717, 1.165) is 0 Å². The Balaban J connectivity index is 3.34. The van der Waals surface area contributed by atoms with Crippen LogP contribution in [0.3, 0.4) is 0 Å². The summed E-state index contributed by atoms with van der Waals surface area (Å²) >= 11 is -2.15. The molecule has 0 aliphatic carbocycles. The molecule has 0 aromatic heterocycles. The summed E-state index contributed by atoms with van der Waals surface area (Å²) in [5, 5.41) is 0. The molecular weight excluding hydrogens is 206 g/mol. The first-order valence-corrected chi connectivity index (χ1v) is 4.83. The van der Waals surface area contributed by atoms with E-state index in [-0.39, 0.29) is 10.6 Å². The second-order valence-corrected chi connectivity index (χ2v) is 3.43. The standard InChI is InChI=1S/C8H11NO4S/c1-12-5-3-6(13-2)8(9)7(4-5)14(10)11/h3-4H,9H2,1-2H3,(H,10,11). The van der Waals surface area contributed by atoms with Gasteiger partial charge in [0.2, 0.25) is 0 Å². The highest BCUT2D eigenvalue weighted by Gasteiger charge is 2.13. The molecule has 1 aromatic rings. The van der Waals surface area contributed by atoms with E-state index in [0.29, 0.717) is 11.5 Å². The third-order valence-electron chi connectivity index (χ3n) is 1.72. The Morgan fingerprint density at radius 1 is 1.36 bits per heavy atom. The number of nitrogens with two attached hydrogens (primary N) is 1.